The van der Waals surface area contributed by atoms with Gasteiger partial charge in [0.15, 0.2) is 11.6 Å². The van der Waals surface area contributed by atoms with Crippen molar-refractivity contribution < 1.29 is 9.13 Å². The minimum Gasteiger partial charge on any atom is -0.377 e. The second-order valence-corrected chi connectivity index (χ2v) is 5.44. The van der Waals surface area contributed by atoms with E-state index in [1.807, 2.05) is 25.7 Å². The van der Waals surface area contributed by atoms with Crippen molar-refractivity contribution in [1.29, 1.82) is 0 Å². The van der Waals surface area contributed by atoms with Crippen LogP contribution in [-0.4, -0.2) is 39.9 Å². The summed E-state index contributed by atoms with van der Waals surface area (Å²) in [6, 6.07) is -0.0957. The summed E-state index contributed by atoms with van der Waals surface area (Å²) in [7, 11) is 0. The number of ether oxygens (including phenoxy) is 1. The van der Waals surface area contributed by atoms with Crippen LogP contribution < -0.4 is 4.90 Å². The predicted octanol–water partition coefficient (Wildman–Crippen LogP) is 2.10. The molecule has 1 N–H and O–H groups in total. The normalized spacial score (nSPS) is 18.7. The molecule has 1 aliphatic rings. The molecule has 22 heavy (non-hydrogen) atoms. The van der Waals surface area contributed by atoms with Crippen LogP contribution in [-0.2, 0) is 11.2 Å². The van der Waals surface area contributed by atoms with E-state index < -0.39 is 0 Å². The molecule has 0 aliphatic carbocycles. The summed E-state index contributed by atoms with van der Waals surface area (Å²) in [5, 5.41) is 7.23. The summed E-state index contributed by atoms with van der Waals surface area (Å²) in [5.41, 5.74) is 3.37. The molecule has 0 unspecified atom stereocenters. The number of aryl methyl sites for hydroxylation is 3. The zero-order chi connectivity index (χ0) is 15.7. The molecule has 1 atom stereocenters. The van der Waals surface area contributed by atoms with Gasteiger partial charge in [-0.1, -0.05) is 6.92 Å². The quantitative estimate of drug-likeness (QED) is 0.940. The highest BCUT2D eigenvalue weighted by atomic mass is 19.1. The Labute approximate surface area is 128 Å². The van der Waals surface area contributed by atoms with Crippen molar-refractivity contribution in [2.75, 3.05) is 24.7 Å². The van der Waals surface area contributed by atoms with Gasteiger partial charge in [-0.2, -0.15) is 5.10 Å². The van der Waals surface area contributed by atoms with Crippen molar-refractivity contribution >= 4 is 5.82 Å². The first-order chi connectivity index (χ1) is 10.6. The number of anilines is 1. The minimum absolute atomic E-state index is 0.0957. The fraction of sp³-hybridized carbons (Fsp3) is 0.533. The van der Waals surface area contributed by atoms with E-state index in [9.17, 15) is 4.39 Å². The maximum Gasteiger partial charge on any atom is 0.187 e. The monoisotopic (exact) mass is 305 g/mol. The van der Waals surface area contributed by atoms with Crippen molar-refractivity contribution in [3.05, 3.63) is 34.8 Å². The van der Waals surface area contributed by atoms with Gasteiger partial charge in [0, 0.05) is 17.8 Å². The summed E-state index contributed by atoms with van der Waals surface area (Å²) >= 11 is 0. The highest BCUT2D eigenvalue weighted by Crippen LogP contribution is 2.33. The van der Waals surface area contributed by atoms with E-state index in [1.54, 1.807) is 0 Å². The van der Waals surface area contributed by atoms with Gasteiger partial charge in [0.2, 0.25) is 0 Å². The molecule has 0 aromatic carbocycles. The molecular formula is C15H20FN5O. The van der Waals surface area contributed by atoms with Crippen LogP contribution in [0.5, 0.6) is 0 Å². The van der Waals surface area contributed by atoms with Crippen LogP contribution in [0.4, 0.5) is 10.2 Å². The number of H-pyrrole nitrogens is 1. The highest BCUT2D eigenvalue weighted by molar-refractivity contribution is 5.46. The number of rotatable bonds is 3. The smallest absolute Gasteiger partial charge is 0.187 e. The van der Waals surface area contributed by atoms with Crippen LogP contribution in [0.15, 0.2) is 6.33 Å². The third-order valence-corrected chi connectivity index (χ3v) is 4.10. The van der Waals surface area contributed by atoms with Gasteiger partial charge >= 0.3 is 0 Å². The van der Waals surface area contributed by atoms with Crippen molar-refractivity contribution in [3.8, 4) is 0 Å². The second-order valence-electron chi connectivity index (χ2n) is 5.44. The summed E-state index contributed by atoms with van der Waals surface area (Å²) < 4.78 is 20.3. The molecule has 3 heterocycles. The van der Waals surface area contributed by atoms with E-state index in [-0.39, 0.29) is 11.9 Å². The molecular weight excluding hydrogens is 285 g/mol. The first-order valence-electron chi connectivity index (χ1n) is 7.48. The molecule has 7 heteroatoms. The van der Waals surface area contributed by atoms with Crippen LogP contribution in [0.3, 0.4) is 0 Å². The Morgan fingerprint density at radius 3 is 2.91 bits per heavy atom. The summed E-state index contributed by atoms with van der Waals surface area (Å²) in [6.07, 6.45) is 1.97. The van der Waals surface area contributed by atoms with Gasteiger partial charge in [0.05, 0.1) is 30.6 Å². The number of nitrogens with one attached hydrogen (secondary N) is 1. The fourth-order valence-corrected chi connectivity index (χ4v) is 2.99. The SMILES string of the molecule is CCc1ncnc(N2CCOC[C@@H]2c2c(C)n[nH]c2C)c1F. The van der Waals surface area contributed by atoms with E-state index in [1.165, 1.54) is 6.33 Å². The molecule has 2 aromatic heterocycles. The van der Waals surface area contributed by atoms with Crippen LogP contribution >= 0.6 is 0 Å². The minimum atomic E-state index is -0.337. The zero-order valence-electron chi connectivity index (χ0n) is 13.1. The molecule has 6 nitrogen and oxygen atoms in total. The maximum atomic E-state index is 14.6. The van der Waals surface area contributed by atoms with E-state index in [0.29, 0.717) is 37.7 Å². The Balaban J connectivity index is 2.04. The number of aromatic nitrogens is 4. The predicted molar refractivity (Wildman–Crippen MR) is 80.3 cm³/mol. The van der Waals surface area contributed by atoms with E-state index in [0.717, 1.165) is 17.0 Å². The number of aromatic amines is 1. The van der Waals surface area contributed by atoms with Gasteiger partial charge in [0.25, 0.3) is 0 Å². The standard InChI is InChI=1S/C15H20FN5O/c1-4-11-14(16)15(18-8-17-11)21-5-6-22-7-12(21)13-9(2)19-20-10(13)3/h8,12H,4-7H2,1-3H3,(H,19,20)/t12-/m1/s1. The van der Waals surface area contributed by atoms with Crippen molar-refractivity contribution in [2.24, 2.45) is 0 Å². The third-order valence-electron chi connectivity index (χ3n) is 4.10. The van der Waals surface area contributed by atoms with Gasteiger partial charge in [-0.3, -0.25) is 5.10 Å². The molecule has 0 bridgehead atoms. The van der Waals surface area contributed by atoms with Gasteiger partial charge < -0.3 is 9.64 Å². The molecule has 0 amide bonds. The van der Waals surface area contributed by atoms with E-state index >= 15 is 0 Å². The fourth-order valence-electron chi connectivity index (χ4n) is 2.99. The van der Waals surface area contributed by atoms with Crippen molar-refractivity contribution in [3.63, 3.8) is 0 Å². The Hall–Kier alpha value is -2.02. The van der Waals surface area contributed by atoms with E-state index in [2.05, 4.69) is 20.2 Å². The molecule has 3 rings (SSSR count). The molecule has 1 saturated heterocycles. The lowest BCUT2D eigenvalue weighted by Crippen LogP contribution is -2.41. The Morgan fingerprint density at radius 2 is 2.23 bits per heavy atom. The number of nitrogens with zero attached hydrogens (tertiary/aromatic N) is 4. The van der Waals surface area contributed by atoms with Crippen molar-refractivity contribution in [1.82, 2.24) is 20.2 Å². The molecule has 0 spiro atoms. The van der Waals surface area contributed by atoms with Gasteiger partial charge in [-0.15, -0.1) is 0 Å². The molecule has 118 valence electrons. The van der Waals surface area contributed by atoms with Crippen LogP contribution in [0, 0.1) is 19.7 Å². The topological polar surface area (TPSA) is 66.9 Å². The lowest BCUT2D eigenvalue weighted by atomic mass is 10.0. The molecule has 1 aliphatic heterocycles. The molecule has 0 saturated carbocycles. The van der Waals surface area contributed by atoms with Gasteiger partial charge in [-0.25, -0.2) is 14.4 Å². The lowest BCUT2D eigenvalue weighted by molar-refractivity contribution is 0.0929. The summed E-state index contributed by atoms with van der Waals surface area (Å²) in [6.45, 7) is 7.43. The highest BCUT2D eigenvalue weighted by Gasteiger charge is 2.31. The van der Waals surface area contributed by atoms with E-state index in [4.69, 9.17) is 4.74 Å². The van der Waals surface area contributed by atoms with Gasteiger partial charge in [0.1, 0.15) is 6.33 Å². The maximum absolute atomic E-state index is 14.6. The molecule has 1 fully saturated rings. The lowest BCUT2D eigenvalue weighted by Gasteiger charge is -2.37. The largest absolute Gasteiger partial charge is 0.377 e. The molecule has 0 radical (unpaired) electrons. The molecule has 2 aromatic rings. The number of halogens is 1. The summed E-state index contributed by atoms with van der Waals surface area (Å²) in [5.74, 6) is 0.0100. The average Bonchev–Trinajstić information content (AvgIpc) is 2.86. The summed E-state index contributed by atoms with van der Waals surface area (Å²) in [4.78, 5) is 10.2. The zero-order valence-corrected chi connectivity index (χ0v) is 13.1. The van der Waals surface area contributed by atoms with Crippen molar-refractivity contribution in [2.45, 2.75) is 33.2 Å². The van der Waals surface area contributed by atoms with Gasteiger partial charge in [-0.05, 0) is 20.3 Å². The number of hydrogen-bond donors (Lipinski definition) is 1. The Kier molecular flexibility index (Phi) is 4.06. The van der Waals surface area contributed by atoms with Crippen LogP contribution in [0.2, 0.25) is 0 Å². The Morgan fingerprint density at radius 1 is 1.41 bits per heavy atom. The number of hydrogen-bond acceptors (Lipinski definition) is 5. The van der Waals surface area contributed by atoms with Crippen LogP contribution in [0.1, 0.15) is 35.6 Å². The second kappa shape index (κ2) is 6.00. The third kappa shape index (κ3) is 2.45. The first-order valence-corrected chi connectivity index (χ1v) is 7.48. The first kappa shape index (κ1) is 14.9. The van der Waals surface area contributed by atoms with Crippen LogP contribution in [0.25, 0.3) is 0 Å². The average molecular weight is 305 g/mol. The Bertz CT molecular complexity index is 652. The number of morpholine rings is 1.